The number of pyridine rings is 1. The lowest BCUT2D eigenvalue weighted by molar-refractivity contribution is -0.387. The maximum Gasteiger partial charge on any atom is 0.343 e. The first-order valence-corrected chi connectivity index (χ1v) is 9.67. The monoisotopic (exact) mass is 394 g/mol. The van der Waals surface area contributed by atoms with E-state index in [1.807, 2.05) is 53.4 Å². The van der Waals surface area contributed by atoms with E-state index < -0.39 is 0 Å². The summed E-state index contributed by atoms with van der Waals surface area (Å²) in [4.78, 5) is 29.3. The number of aromatic nitrogens is 3. The summed E-state index contributed by atoms with van der Waals surface area (Å²) in [6.45, 7) is 2.70. The van der Waals surface area contributed by atoms with Crippen molar-refractivity contribution in [2.24, 2.45) is 0 Å². The molecule has 0 unspecified atom stereocenters. The van der Waals surface area contributed by atoms with Crippen LogP contribution in [0.15, 0.2) is 71.0 Å². The number of anilines is 2. The molecule has 142 valence electrons. The van der Waals surface area contributed by atoms with Crippen molar-refractivity contribution in [1.82, 2.24) is 15.0 Å². The summed E-state index contributed by atoms with van der Waals surface area (Å²) < 4.78 is 0. The van der Waals surface area contributed by atoms with E-state index in [0.29, 0.717) is 23.9 Å². The Hall–Kier alpha value is -3.20. The molecule has 1 saturated heterocycles. The minimum absolute atomic E-state index is 0.0392. The van der Waals surface area contributed by atoms with Crippen LogP contribution in [-0.2, 0) is 0 Å². The van der Waals surface area contributed by atoms with Gasteiger partial charge in [0.05, 0.1) is 4.92 Å². The molecular weight excluding hydrogens is 376 g/mol. The standard InChI is InChI=1S/C19H18N6O2S/c26-25(27)17-18(21-14-22-19(17)28-15-6-2-1-3-7-15)24-12-10-23(11-13-24)16-8-4-5-9-20-16/h1-9,14H,10-13H2. The van der Waals surface area contributed by atoms with Gasteiger partial charge in [-0.05, 0) is 24.3 Å². The van der Waals surface area contributed by atoms with Crippen LogP contribution in [0.5, 0.6) is 0 Å². The third-order valence-corrected chi connectivity index (χ3v) is 5.46. The van der Waals surface area contributed by atoms with Crippen LogP contribution < -0.4 is 9.80 Å². The molecule has 0 bridgehead atoms. The number of nitrogens with zero attached hydrogens (tertiary/aromatic N) is 6. The smallest absolute Gasteiger partial charge is 0.343 e. The zero-order valence-corrected chi connectivity index (χ0v) is 15.8. The third-order valence-electron chi connectivity index (χ3n) is 4.46. The Morgan fingerprint density at radius 3 is 2.29 bits per heavy atom. The second-order valence-corrected chi connectivity index (χ2v) is 7.25. The van der Waals surface area contributed by atoms with Crippen LogP contribution in [0.25, 0.3) is 0 Å². The normalized spacial score (nSPS) is 14.1. The molecule has 3 heterocycles. The number of benzene rings is 1. The average molecular weight is 394 g/mol. The zero-order chi connectivity index (χ0) is 19.3. The van der Waals surface area contributed by atoms with Crippen molar-refractivity contribution in [3.63, 3.8) is 0 Å². The van der Waals surface area contributed by atoms with Gasteiger partial charge in [0.25, 0.3) is 0 Å². The van der Waals surface area contributed by atoms with Gasteiger partial charge in [-0.2, -0.15) is 0 Å². The highest BCUT2D eigenvalue weighted by atomic mass is 32.2. The summed E-state index contributed by atoms with van der Waals surface area (Å²) in [5.74, 6) is 1.29. The van der Waals surface area contributed by atoms with E-state index in [9.17, 15) is 10.1 Å². The van der Waals surface area contributed by atoms with Crippen molar-refractivity contribution in [3.05, 3.63) is 71.2 Å². The fraction of sp³-hybridized carbons (Fsp3) is 0.211. The first-order valence-electron chi connectivity index (χ1n) is 8.85. The fourth-order valence-electron chi connectivity index (χ4n) is 3.11. The molecule has 0 amide bonds. The van der Waals surface area contributed by atoms with Crippen molar-refractivity contribution < 1.29 is 4.92 Å². The van der Waals surface area contributed by atoms with Crippen LogP contribution in [0.3, 0.4) is 0 Å². The van der Waals surface area contributed by atoms with Crippen molar-refractivity contribution in [1.29, 1.82) is 0 Å². The Labute approximate surface area is 166 Å². The topological polar surface area (TPSA) is 88.3 Å². The minimum atomic E-state index is -0.383. The number of rotatable bonds is 5. The fourth-order valence-corrected chi connectivity index (χ4v) is 3.99. The van der Waals surface area contributed by atoms with Crippen LogP contribution in [0.2, 0.25) is 0 Å². The molecule has 0 atom stereocenters. The van der Waals surface area contributed by atoms with Gasteiger partial charge in [-0.15, -0.1) is 0 Å². The number of hydrogen-bond acceptors (Lipinski definition) is 8. The molecule has 1 aliphatic rings. The maximum atomic E-state index is 11.8. The van der Waals surface area contributed by atoms with Gasteiger partial charge < -0.3 is 9.80 Å². The van der Waals surface area contributed by atoms with E-state index in [1.165, 1.54) is 18.1 Å². The van der Waals surface area contributed by atoms with Crippen LogP contribution in [0.4, 0.5) is 17.3 Å². The lowest BCUT2D eigenvalue weighted by Crippen LogP contribution is -2.47. The van der Waals surface area contributed by atoms with Crippen LogP contribution in [0, 0.1) is 10.1 Å². The second-order valence-electron chi connectivity index (χ2n) is 6.19. The summed E-state index contributed by atoms with van der Waals surface area (Å²) in [6.07, 6.45) is 3.17. The van der Waals surface area contributed by atoms with Crippen LogP contribution in [0.1, 0.15) is 0 Å². The molecule has 0 aliphatic carbocycles. The molecule has 9 heteroatoms. The molecule has 28 heavy (non-hydrogen) atoms. The van der Waals surface area contributed by atoms with Gasteiger partial charge in [-0.3, -0.25) is 10.1 Å². The number of nitro groups is 1. The summed E-state index contributed by atoms with van der Waals surface area (Å²) in [5, 5.41) is 12.2. The van der Waals surface area contributed by atoms with Gasteiger partial charge in [0.1, 0.15) is 12.1 Å². The maximum absolute atomic E-state index is 11.8. The van der Waals surface area contributed by atoms with Gasteiger partial charge in [-0.1, -0.05) is 36.0 Å². The molecule has 0 radical (unpaired) electrons. The largest absolute Gasteiger partial charge is 0.353 e. The molecule has 0 saturated carbocycles. The molecule has 8 nitrogen and oxygen atoms in total. The van der Waals surface area contributed by atoms with E-state index in [-0.39, 0.29) is 10.6 Å². The van der Waals surface area contributed by atoms with Gasteiger partial charge >= 0.3 is 5.69 Å². The Bertz CT molecular complexity index is 949. The Kier molecular flexibility index (Phi) is 5.34. The third kappa shape index (κ3) is 3.89. The lowest BCUT2D eigenvalue weighted by Gasteiger charge is -2.35. The quantitative estimate of drug-likeness (QED) is 0.370. The van der Waals surface area contributed by atoms with E-state index >= 15 is 0 Å². The van der Waals surface area contributed by atoms with E-state index in [4.69, 9.17) is 0 Å². The highest BCUT2D eigenvalue weighted by molar-refractivity contribution is 7.99. The molecule has 3 aromatic rings. The van der Waals surface area contributed by atoms with Crippen molar-refractivity contribution in [2.75, 3.05) is 36.0 Å². The Morgan fingerprint density at radius 1 is 0.893 bits per heavy atom. The van der Waals surface area contributed by atoms with Crippen LogP contribution >= 0.6 is 11.8 Å². The van der Waals surface area contributed by atoms with E-state index in [2.05, 4.69) is 19.9 Å². The van der Waals surface area contributed by atoms with Gasteiger partial charge in [0.15, 0.2) is 5.03 Å². The first-order chi connectivity index (χ1) is 13.7. The number of hydrogen-bond donors (Lipinski definition) is 0. The predicted octanol–water partition coefficient (Wildman–Crippen LogP) is 3.26. The lowest BCUT2D eigenvalue weighted by atomic mass is 10.3. The molecule has 1 fully saturated rings. The van der Waals surface area contributed by atoms with Crippen molar-refractivity contribution in [3.8, 4) is 0 Å². The van der Waals surface area contributed by atoms with E-state index in [0.717, 1.165) is 23.8 Å². The molecule has 0 spiro atoms. The Morgan fingerprint density at radius 2 is 1.61 bits per heavy atom. The highest BCUT2D eigenvalue weighted by Gasteiger charge is 2.29. The summed E-state index contributed by atoms with van der Waals surface area (Å²) in [6, 6.07) is 15.3. The van der Waals surface area contributed by atoms with Gasteiger partial charge in [-0.25, -0.2) is 15.0 Å². The summed E-state index contributed by atoms with van der Waals surface area (Å²) in [7, 11) is 0. The molecule has 1 aromatic carbocycles. The second kappa shape index (κ2) is 8.22. The minimum Gasteiger partial charge on any atom is -0.353 e. The first kappa shape index (κ1) is 18.2. The van der Waals surface area contributed by atoms with Gasteiger partial charge in [0.2, 0.25) is 5.82 Å². The number of piperazine rings is 1. The highest BCUT2D eigenvalue weighted by Crippen LogP contribution is 2.38. The van der Waals surface area contributed by atoms with Crippen molar-refractivity contribution >= 4 is 29.1 Å². The molecular formula is C19H18N6O2S. The average Bonchev–Trinajstić information content (AvgIpc) is 2.75. The molecule has 1 aliphatic heterocycles. The molecule has 2 aromatic heterocycles. The molecule has 4 rings (SSSR count). The SMILES string of the molecule is O=[N+]([O-])c1c(Sc2ccccc2)ncnc1N1CCN(c2ccccn2)CC1. The zero-order valence-electron chi connectivity index (χ0n) is 15.0. The predicted molar refractivity (Wildman–Crippen MR) is 108 cm³/mol. The Balaban J connectivity index is 1.56. The summed E-state index contributed by atoms with van der Waals surface area (Å²) >= 11 is 1.28. The molecule has 0 N–H and O–H groups in total. The van der Waals surface area contributed by atoms with E-state index in [1.54, 1.807) is 6.20 Å². The van der Waals surface area contributed by atoms with Crippen LogP contribution in [-0.4, -0.2) is 46.1 Å². The summed E-state index contributed by atoms with van der Waals surface area (Å²) in [5.41, 5.74) is -0.0392. The van der Waals surface area contributed by atoms with Crippen molar-refractivity contribution in [2.45, 2.75) is 9.92 Å². The van der Waals surface area contributed by atoms with Gasteiger partial charge in [0, 0.05) is 37.3 Å².